The molecule has 1 unspecified atom stereocenters. The van der Waals surface area contributed by atoms with Crippen LogP contribution in [0.25, 0.3) is 0 Å². The zero-order valence-corrected chi connectivity index (χ0v) is 11.8. The van der Waals surface area contributed by atoms with Crippen LogP contribution in [0.3, 0.4) is 0 Å². The molecule has 0 aliphatic rings. The van der Waals surface area contributed by atoms with Gasteiger partial charge in [0.25, 0.3) is 0 Å². The van der Waals surface area contributed by atoms with Gasteiger partial charge in [0.15, 0.2) is 0 Å². The number of hydrogen-bond donors (Lipinski definition) is 1. The van der Waals surface area contributed by atoms with Gasteiger partial charge in [-0.25, -0.2) is 0 Å². The van der Waals surface area contributed by atoms with Gasteiger partial charge in [-0.2, -0.15) is 0 Å². The lowest BCUT2D eigenvalue weighted by atomic mass is 9.98. The maximum Gasteiger partial charge on any atom is 0.0880 e. The lowest BCUT2D eigenvalue weighted by molar-refractivity contribution is -0.0820. The van der Waals surface area contributed by atoms with Gasteiger partial charge in [0.2, 0.25) is 0 Å². The molecule has 0 aromatic carbocycles. The zero-order valence-electron chi connectivity index (χ0n) is 11.8. The van der Waals surface area contributed by atoms with Gasteiger partial charge < -0.3 is 14.7 Å². The van der Waals surface area contributed by atoms with E-state index >= 15 is 0 Å². The highest BCUT2D eigenvalue weighted by Gasteiger charge is 2.27. The number of methoxy groups -OCH3 is 1. The number of aliphatic hydroxyl groups excluding tert-OH is 1. The molecule has 0 aliphatic heterocycles. The van der Waals surface area contributed by atoms with Crippen LogP contribution in [-0.4, -0.2) is 47.4 Å². The molecule has 102 valence electrons. The van der Waals surface area contributed by atoms with Crippen LogP contribution in [0.4, 0.5) is 0 Å². The summed E-state index contributed by atoms with van der Waals surface area (Å²) in [5.41, 5.74) is 0.741. The van der Waals surface area contributed by atoms with E-state index in [4.69, 9.17) is 4.74 Å². The highest BCUT2D eigenvalue weighted by atomic mass is 16.5. The maximum atomic E-state index is 10.0. The Balaban J connectivity index is 2.36. The molecule has 1 atom stereocenters. The third-order valence-corrected chi connectivity index (χ3v) is 3.31. The Morgan fingerprint density at radius 2 is 2.00 bits per heavy atom. The molecule has 0 bridgehead atoms. The summed E-state index contributed by atoms with van der Waals surface area (Å²) in [7, 11) is 3.68. The summed E-state index contributed by atoms with van der Waals surface area (Å²) in [5, 5.41) is 10.0. The molecule has 4 heteroatoms. The van der Waals surface area contributed by atoms with E-state index < -0.39 is 11.7 Å². The quantitative estimate of drug-likeness (QED) is 0.802. The minimum atomic E-state index is -0.489. The van der Waals surface area contributed by atoms with Crippen LogP contribution in [0.1, 0.15) is 25.8 Å². The summed E-state index contributed by atoms with van der Waals surface area (Å²) in [6.07, 6.45) is 3.84. The van der Waals surface area contributed by atoms with Crippen LogP contribution in [0.2, 0.25) is 0 Å². The van der Waals surface area contributed by atoms with Crippen molar-refractivity contribution in [1.29, 1.82) is 0 Å². The maximum absolute atomic E-state index is 10.0. The van der Waals surface area contributed by atoms with Gasteiger partial charge in [0, 0.05) is 32.6 Å². The zero-order chi connectivity index (χ0) is 13.6. The average molecular weight is 252 g/mol. The summed E-state index contributed by atoms with van der Waals surface area (Å²) in [5.74, 6) is 0. The first-order valence-electron chi connectivity index (χ1n) is 6.26. The van der Waals surface area contributed by atoms with Crippen molar-refractivity contribution in [2.75, 3.05) is 20.7 Å². The molecular weight excluding hydrogens is 228 g/mol. The normalized spacial score (nSPS) is 13.9. The van der Waals surface area contributed by atoms with Crippen molar-refractivity contribution in [3.8, 4) is 0 Å². The Bertz CT molecular complexity index is 341. The van der Waals surface area contributed by atoms with Crippen molar-refractivity contribution in [2.45, 2.75) is 38.5 Å². The van der Waals surface area contributed by atoms with E-state index in [1.807, 2.05) is 33.0 Å². The summed E-state index contributed by atoms with van der Waals surface area (Å²) in [4.78, 5) is 6.18. The van der Waals surface area contributed by atoms with Crippen molar-refractivity contribution < 1.29 is 9.84 Å². The number of aliphatic hydroxyl groups is 1. The number of rotatable bonds is 7. The minimum Gasteiger partial charge on any atom is -0.390 e. The van der Waals surface area contributed by atoms with Crippen LogP contribution in [-0.2, 0) is 11.3 Å². The minimum absolute atomic E-state index is 0.456. The van der Waals surface area contributed by atoms with Gasteiger partial charge in [0.05, 0.1) is 11.7 Å². The van der Waals surface area contributed by atoms with Crippen molar-refractivity contribution in [2.24, 2.45) is 0 Å². The van der Waals surface area contributed by atoms with Crippen LogP contribution < -0.4 is 0 Å². The molecule has 1 aromatic rings. The number of nitrogens with zero attached hydrogens (tertiary/aromatic N) is 2. The summed E-state index contributed by atoms with van der Waals surface area (Å²) in [6.45, 7) is 5.50. The Morgan fingerprint density at radius 3 is 2.56 bits per heavy atom. The van der Waals surface area contributed by atoms with Gasteiger partial charge in [0.1, 0.15) is 0 Å². The Morgan fingerprint density at radius 1 is 1.39 bits per heavy atom. The monoisotopic (exact) mass is 252 g/mol. The smallest absolute Gasteiger partial charge is 0.0880 e. The second kappa shape index (κ2) is 6.83. The Kier molecular flexibility index (Phi) is 5.72. The number of ether oxygens (including phenoxy) is 1. The third-order valence-electron chi connectivity index (χ3n) is 3.31. The van der Waals surface area contributed by atoms with Crippen LogP contribution in [0.15, 0.2) is 24.5 Å². The van der Waals surface area contributed by atoms with Gasteiger partial charge in [-0.3, -0.25) is 4.98 Å². The van der Waals surface area contributed by atoms with Gasteiger partial charge >= 0.3 is 0 Å². The molecule has 1 rings (SSSR count). The second-order valence-electron chi connectivity index (χ2n) is 5.21. The number of pyridine rings is 1. The largest absolute Gasteiger partial charge is 0.390 e. The molecule has 0 saturated heterocycles. The molecule has 18 heavy (non-hydrogen) atoms. The van der Waals surface area contributed by atoms with Crippen molar-refractivity contribution >= 4 is 0 Å². The Hall–Kier alpha value is -0.970. The van der Waals surface area contributed by atoms with Crippen LogP contribution in [0.5, 0.6) is 0 Å². The summed E-state index contributed by atoms with van der Waals surface area (Å²) >= 11 is 0. The molecule has 0 aliphatic carbocycles. The number of hydrogen-bond acceptors (Lipinski definition) is 4. The predicted octanol–water partition coefficient (Wildman–Crippen LogP) is 1.69. The van der Waals surface area contributed by atoms with Gasteiger partial charge in [-0.05, 0) is 45.0 Å². The molecule has 0 saturated carbocycles. The number of aromatic nitrogens is 1. The molecule has 0 spiro atoms. The highest BCUT2D eigenvalue weighted by Crippen LogP contribution is 2.16. The molecule has 4 nitrogen and oxygen atoms in total. The molecule has 0 amide bonds. The fourth-order valence-electron chi connectivity index (χ4n) is 1.71. The van der Waals surface area contributed by atoms with Crippen LogP contribution in [0, 0.1) is 0 Å². The van der Waals surface area contributed by atoms with Crippen molar-refractivity contribution in [1.82, 2.24) is 9.88 Å². The first kappa shape index (κ1) is 15.1. The van der Waals surface area contributed by atoms with E-state index in [0.29, 0.717) is 6.42 Å². The highest BCUT2D eigenvalue weighted by molar-refractivity contribution is 5.09. The van der Waals surface area contributed by atoms with E-state index in [9.17, 15) is 5.11 Å². The van der Waals surface area contributed by atoms with Gasteiger partial charge in [-0.1, -0.05) is 0 Å². The third kappa shape index (κ3) is 4.72. The van der Waals surface area contributed by atoms with E-state index in [0.717, 1.165) is 13.1 Å². The Labute approximate surface area is 110 Å². The van der Waals surface area contributed by atoms with E-state index in [-0.39, 0.29) is 0 Å². The van der Waals surface area contributed by atoms with E-state index in [1.54, 1.807) is 19.5 Å². The van der Waals surface area contributed by atoms with E-state index in [1.165, 1.54) is 5.56 Å². The molecule has 1 heterocycles. The average Bonchev–Trinajstić information content (AvgIpc) is 2.37. The van der Waals surface area contributed by atoms with Crippen molar-refractivity contribution in [3.05, 3.63) is 30.1 Å². The van der Waals surface area contributed by atoms with Gasteiger partial charge in [-0.15, -0.1) is 0 Å². The van der Waals surface area contributed by atoms with Crippen LogP contribution >= 0.6 is 0 Å². The molecule has 1 N–H and O–H groups in total. The standard InChI is InChI=1S/C14H24N2O2/c1-14(2,18-4)13(17)7-10-16(3)11-12-5-8-15-9-6-12/h5-6,8-9,13,17H,7,10-11H2,1-4H3. The lowest BCUT2D eigenvalue weighted by Gasteiger charge is -2.30. The fraction of sp³-hybridized carbons (Fsp3) is 0.643. The molecule has 0 radical (unpaired) electrons. The lowest BCUT2D eigenvalue weighted by Crippen LogP contribution is -2.40. The van der Waals surface area contributed by atoms with E-state index in [2.05, 4.69) is 9.88 Å². The first-order valence-corrected chi connectivity index (χ1v) is 6.26. The SMILES string of the molecule is COC(C)(C)C(O)CCN(C)Cc1ccncc1. The summed E-state index contributed by atoms with van der Waals surface area (Å²) in [6, 6.07) is 4.01. The molecule has 0 fully saturated rings. The topological polar surface area (TPSA) is 45.6 Å². The fourth-order valence-corrected chi connectivity index (χ4v) is 1.71. The predicted molar refractivity (Wildman–Crippen MR) is 72.3 cm³/mol. The summed E-state index contributed by atoms with van der Waals surface area (Å²) < 4.78 is 5.27. The first-order chi connectivity index (χ1) is 8.45. The van der Waals surface area contributed by atoms with Crippen molar-refractivity contribution in [3.63, 3.8) is 0 Å². The second-order valence-corrected chi connectivity index (χ2v) is 5.21. The molecule has 1 aromatic heterocycles. The molecular formula is C14H24N2O2.